The van der Waals surface area contributed by atoms with Crippen molar-refractivity contribution in [1.29, 1.82) is 5.26 Å². The Morgan fingerprint density at radius 1 is 1.28 bits per heavy atom. The van der Waals surface area contributed by atoms with E-state index in [-0.39, 0.29) is 18.1 Å². The highest BCUT2D eigenvalue weighted by atomic mass is 16.5. The SMILES string of the molecule is CCOC(=O)c1nc2ccc(C)cn2c1N=Nc1ccccc1C#N. The molecular formula is C18H15N5O2. The van der Waals surface area contributed by atoms with Crippen molar-refractivity contribution >= 4 is 23.1 Å². The molecule has 2 aromatic heterocycles. The number of nitriles is 1. The first kappa shape index (κ1) is 16.3. The average molecular weight is 333 g/mol. The van der Waals surface area contributed by atoms with Gasteiger partial charge in [-0.2, -0.15) is 5.26 Å². The van der Waals surface area contributed by atoms with Gasteiger partial charge < -0.3 is 4.74 Å². The molecule has 0 saturated heterocycles. The minimum Gasteiger partial charge on any atom is -0.461 e. The standard InChI is InChI=1S/C18H15N5O2/c1-3-25-18(24)16-17(23-11-12(2)8-9-15(23)20-16)22-21-14-7-5-4-6-13(14)10-19/h4-9,11H,3H2,1-2H3. The molecule has 0 bridgehead atoms. The summed E-state index contributed by atoms with van der Waals surface area (Å²) in [5.41, 5.74) is 2.45. The fourth-order valence-electron chi connectivity index (χ4n) is 2.33. The number of azo groups is 1. The number of aromatic nitrogens is 2. The van der Waals surface area contributed by atoms with Crippen LogP contribution in [0.1, 0.15) is 28.5 Å². The summed E-state index contributed by atoms with van der Waals surface area (Å²) < 4.78 is 6.74. The Morgan fingerprint density at radius 3 is 2.84 bits per heavy atom. The minimum absolute atomic E-state index is 0.0886. The normalized spacial score (nSPS) is 10.9. The van der Waals surface area contributed by atoms with Gasteiger partial charge in [0, 0.05) is 6.20 Å². The predicted molar refractivity (Wildman–Crippen MR) is 91.2 cm³/mol. The van der Waals surface area contributed by atoms with E-state index in [0.717, 1.165) is 5.56 Å². The van der Waals surface area contributed by atoms with Gasteiger partial charge in [0.15, 0.2) is 11.5 Å². The van der Waals surface area contributed by atoms with Gasteiger partial charge in [0.25, 0.3) is 0 Å². The zero-order valence-electron chi connectivity index (χ0n) is 13.8. The third-order valence-corrected chi connectivity index (χ3v) is 3.49. The Kier molecular flexibility index (Phi) is 4.53. The Bertz CT molecular complexity index is 1010. The van der Waals surface area contributed by atoms with Crippen molar-refractivity contribution in [2.75, 3.05) is 6.61 Å². The van der Waals surface area contributed by atoms with E-state index in [2.05, 4.69) is 21.3 Å². The number of carbonyl (C=O) groups excluding carboxylic acids is 1. The smallest absolute Gasteiger partial charge is 0.360 e. The number of nitrogens with zero attached hydrogens (tertiary/aromatic N) is 5. The number of hydrogen-bond acceptors (Lipinski definition) is 6. The van der Waals surface area contributed by atoms with E-state index >= 15 is 0 Å². The number of pyridine rings is 1. The fourth-order valence-corrected chi connectivity index (χ4v) is 2.33. The molecule has 0 unspecified atom stereocenters. The Balaban J connectivity index is 2.14. The highest BCUT2D eigenvalue weighted by molar-refractivity contribution is 5.93. The van der Waals surface area contributed by atoms with Crippen molar-refractivity contribution in [3.63, 3.8) is 0 Å². The van der Waals surface area contributed by atoms with Crippen LogP contribution >= 0.6 is 0 Å². The van der Waals surface area contributed by atoms with Crippen LogP contribution < -0.4 is 0 Å². The van der Waals surface area contributed by atoms with Crippen LogP contribution in [0.3, 0.4) is 0 Å². The molecule has 7 nitrogen and oxygen atoms in total. The molecule has 0 aliphatic heterocycles. The van der Waals surface area contributed by atoms with Gasteiger partial charge in [-0.3, -0.25) is 4.40 Å². The van der Waals surface area contributed by atoms with Crippen molar-refractivity contribution in [2.24, 2.45) is 10.2 Å². The molecule has 2 heterocycles. The second kappa shape index (κ2) is 6.93. The number of hydrogen-bond donors (Lipinski definition) is 0. The Morgan fingerprint density at radius 2 is 2.08 bits per heavy atom. The van der Waals surface area contributed by atoms with Crippen LogP contribution in [-0.2, 0) is 4.74 Å². The Labute approximate surface area is 144 Å². The number of imidazole rings is 1. The fraction of sp³-hybridized carbons (Fsp3) is 0.167. The number of benzene rings is 1. The topological polar surface area (TPSA) is 92.1 Å². The third-order valence-electron chi connectivity index (χ3n) is 3.49. The first-order valence-electron chi connectivity index (χ1n) is 7.70. The molecule has 7 heteroatoms. The highest BCUT2D eigenvalue weighted by Crippen LogP contribution is 2.26. The molecule has 124 valence electrons. The summed E-state index contributed by atoms with van der Waals surface area (Å²) in [6.45, 7) is 3.89. The summed E-state index contributed by atoms with van der Waals surface area (Å²) in [4.78, 5) is 16.5. The van der Waals surface area contributed by atoms with Gasteiger partial charge in [-0.1, -0.05) is 18.2 Å². The summed E-state index contributed by atoms with van der Waals surface area (Å²) in [6, 6.07) is 12.6. The predicted octanol–water partition coefficient (Wildman–Crippen LogP) is 4.11. The third kappa shape index (κ3) is 3.23. The van der Waals surface area contributed by atoms with E-state index in [0.29, 0.717) is 16.9 Å². The van der Waals surface area contributed by atoms with E-state index in [9.17, 15) is 4.79 Å². The van der Waals surface area contributed by atoms with E-state index in [1.807, 2.05) is 19.2 Å². The van der Waals surface area contributed by atoms with E-state index in [1.54, 1.807) is 41.7 Å². The van der Waals surface area contributed by atoms with Crippen LogP contribution in [0.5, 0.6) is 0 Å². The molecule has 0 radical (unpaired) electrons. The first-order valence-corrected chi connectivity index (χ1v) is 7.70. The second-order valence-electron chi connectivity index (χ2n) is 5.27. The van der Waals surface area contributed by atoms with Gasteiger partial charge in [0.05, 0.1) is 12.2 Å². The van der Waals surface area contributed by atoms with Crippen molar-refractivity contribution in [3.8, 4) is 6.07 Å². The molecule has 0 spiro atoms. The van der Waals surface area contributed by atoms with Crippen molar-refractivity contribution in [1.82, 2.24) is 9.38 Å². The number of aryl methyl sites for hydroxylation is 1. The molecule has 3 aromatic rings. The summed E-state index contributed by atoms with van der Waals surface area (Å²) >= 11 is 0. The van der Waals surface area contributed by atoms with Gasteiger partial charge in [0.1, 0.15) is 17.4 Å². The summed E-state index contributed by atoms with van der Waals surface area (Å²) in [6.07, 6.45) is 1.82. The number of fused-ring (bicyclic) bond motifs is 1. The van der Waals surface area contributed by atoms with Crippen molar-refractivity contribution in [3.05, 3.63) is 59.4 Å². The van der Waals surface area contributed by atoms with Crippen LogP contribution in [0.2, 0.25) is 0 Å². The van der Waals surface area contributed by atoms with Crippen molar-refractivity contribution < 1.29 is 9.53 Å². The van der Waals surface area contributed by atoms with Gasteiger partial charge in [-0.25, -0.2) is 9.78 Å². The average Bonchev–Trinajstić information content (AvgIpc) is 2.98. The van der Waals surface area contributed by atoms with Gasteiger partial charge in [-0.15, -0.1) is 10.2 Å². The van der Waals surface area contributed by atoms with E-state index in [1.165, 1.54) is 0 Å². The number of carbonyl (C=O) groups is 1. The molecule has 0 N–H and O–H groups in total. The number of ether oxygens (including phenoxy) is 1. The molecule has 0 atom stereocenters. The molecule has 25 heavy (non-hydrogen) atoms. The lowest BCUT2D eigenvalue weighted by atomic mass is 10.2. The van der Waals surface area contributed by atoms with Crippen LogP contribution in [0.4, 0.5) is 11.5 Å². The zero-order chi connectivity index (χ0) is 17.8. The maximum atomic E-state index is 12.2. The lowest BCUT2D eigenvalue weighted by Gasteiger charge is -2.01. The van der Waals surface area contributed by atoms with Crippen molar-refractivity contribution in [2.45, 2.75) is 13.8 Å². The summed E-state index contributed by atoms with van der Waals surface area (Å²) in [5, 5.41) is 17.5. The van der Waals surface area contributed by atoms with Gasteiger partial charge >= 0.3 is 5.97 Å². The van der Waals surface area contributed by atoms with Crippen LogP contribution in [0, 0.1) is 18.3 Å². The molecular weight excluding hydrogens is 318 g/mol. The second-order valence-corrected chi connectivity index (χ2v) is 5.27. The highest BCUT2D eigenvalue weighted by Gasteiger charge is 2.20. The van der Waals surface area contributed by atoms with Crippen LogP contribution in [-0.4, -0.2) is 22.0 Å². The maximum absolute atomic E-state index is 12.2. The lowest BCUT2D eigenvalue weighted by Crippen LogP contribution is -2.05. The van der Waals surface area contributed by atoms with Gasteiger partial charge in [0.2, 0.25) is 0 Å². The zero-order valence-corrected chi connectivity index (χ0v) is 13.8. The quantitative estimate of drug-likeness (QED) is 0.530. The first-order chi connectivity index (χ1) is 12.1. The van der Waals surface area contributed by atoms with Gasteiger partial charge in [-0.05, 0) is 37.6 Å². The summed E-state index contributed by atoms with van der Waals surface area (Å²) in [7, 11) is 0. The molecule has 0 saturated carbocycles. The largest absolute Gasteiger partial charge is 0.461 e. The molecule has 0 aliphatic rings. The monoisotopic (exact) mass is 333 g/mol. The van der Waals surface area contributed by atoms with Crippen LogP contribution in [0.15, 0.2) is 52.8 Å². The lowest BCUT2D eigenvalue weighted by molar-refractivity contribution is 0.0521. The maximum Gasteiger partial charge on any atom is 0.360 e. The summed E-state index contributed by atoms with van der Waals surface area (Å²) in [5.74, 6) is -0.295. The molecule has 0 aliphatic carbocycles. The molecule has 0 amide bonds. The molecule has 0 fully saturated rings. The van der Waals surface area contributed by atoms with E-state index in [4.69, 9.17) is 10.00 Å². The molecule has 1 aromatic carbocycles. The Hall–Kier alpha value is -3.53. The molecule has 3 rings (SSSR count). The minimum atomic E-state index is -0.564. The van der Waals surface area contributed by atoms with Crippen LogP contribution in [0.25, 0.3) is 5.65 Å². The number of esters is 1. The number of rotatable bonds is 4. The van der Waals surface area contributed by atoms with E-state index < -0.39 is 5.97 Å².